The molecule has 28 heavy (non-hydrogen) atoms. The van der Waals surface area contributed by atoms with Crippen LogP contribution in [0.5, 0.6) is 5.75 Å². The Kier molecular flexibility index (Phi) is 6.93. The van der Waals surface area contributed by atoms with E-state index in [4.69, 9.17) is 9.47 Å². The first kappa shape index (κ1) is 21.2. The molecular formula is C22H25NO5. The van der Waals surface area contributed by atoms with Crippen molar-refractivity contribution in [2.24, 2.45) is 5.41 Å². The van der Waals surface area contributed by atoms with Crippen LogP contribution in [0, 0.1) is 5.41 Å². The van der Waals surface area contributed by atoms with Crippen molar-refractivity contribution in [1.29, 1.82) is 0 Å². The molecule has 1 amide bonds. The number of methoxy groups -OCH3 is 1. The molecule has 0 atom stereocenters. The Morgan fingerprint density at radius 3 is 2.07 bits per heavy atom. The van der Waals surface area contributed by atoms with Gasteiger partial charge < -0.3 is 14.8 Å². The van der Waals surface area contributed by atoms with E-state index in [0.29, 0.717) is 17.0 Å². The first-order valence-corrected chi connectivity index (χ1v) is 8.92. The van der Waals surface area contributed by atoms with Crippen molar-refractivity contribution in [3.63, 3.8) is 0 Å². The Balaban J connectivity index is 1.85. The molecule has 6 nitrogen and oxygen atoms in total. The van der Waals surface area contributed by atoms with E-state index >= 15 is 0 Å². The van der Waals surface area contributed by atoms with Gasteiger partial charge in [-0.1, -0.05) is 32.9 Å². The summed E-state index contributed by atoms with van der Waals surface area (Å²) in [5.74, 6) is -0.196. The molecule has 0 radical (unpaired) electrons. The molecule has 2 aromatic rings. The molecule has 1 N–H and O–H groups in total. The molecule has 0 aliphatic heterocycles. The third-order valence-electron chi connectivity index (χ3n) is 4.02. The lowest BCUT2D eigenvalue weighted by Crippen LogP contribution is -2.27. The van der Waals surface area contributed by atoms with Gasteiger partial charge in [-0.2, -0.15) is 0 Å². The Morgan fingerprint density at radius 1 is 0.929 bits per heavy atom. The average Bonchev–Trinajstić information content (AvgIpc) is 2.66. The van der Waals surface area contributed by atoms with E-state index in [0.717, 1.165) is 5.56 Å². The van der Waals surface area contributed by atoms with E-state index in [-0.39, 0.29) is 24.7 Å². The summed E-state index contributed by atoms with van der Waals surface area (Å²) in [4.78, 5) is 36.1. The molecule has 2 rings (SSSR count). The van der Waals surface area contributed by atoms with Crippen molar-refractivity contribution in [2.75, 3.05) is 19.0 Å². The number of esters is 1. The fourth-order valence-electron chi connectivity index (χ4n) is 2.25. The van der Waals surface area contributed by atoms with Gasteiger partial charge in [0.25, 0.3) is 0 Å². The molecule has 0 aliphatic rings. The van der Waals surface area contributed by atoms with E-state index in [1.807, 2.05) is 20.8 Å². The van der Waals surface area contributed by atoms with Crippen LogP contribution in [0.1, 0.15) is 36.7 Å². The molecule has 148 valence electrons. The summed E-state index contributed by atoms with van der Waals surface area (Å²) in [6.07, 6.45) is 0.0784. The van der Waals surface area contributed by atoms with E-state index in [1.54, 1.807) is 55.6 Å². The zero-order chi connectivity index (χ0) is 20.7. The maximum Gasteiger partial charge on any atom is 0.310 e. The van der Waals surface area contributed by atoms with Gasteiger partial charge in [0.1, 0.15) is 5.75 Å². The Labute approximate surface area is 164 Å². The molecule has 0 bridgehead atoms. The second kappa shape index (κ2) is 9.17. The molecule has 0 fully saturated rings. The number of amides is 1. The number of anilines is 1. The Morgan fingerprint density at radius 2 is 1.54 bits per heavy atom. The smallest absolute Gasteiger partial charge is 0.310 e. The SMILES string of the molecule is COc1ccc(CC(=O)OCC(=O)c2ccc(NC(=O)C(C)(C)C)cc2)cc1. The molecule has 0 unspecified atom stereocenters. The molecule has 0 saturated carbocycles. The third-order valence-corrected chi connectivity index (χ3v) is 4.02. The fourth-order valence-corrected chi connectivity index (χ4v) is 2.25. The van der Waals surface area contributed by atoms with Gasteiger partial charge in [0.2, 0.25) is 5.91 Å². The standard InChI is InChI=1S/C22H25NO5/c1-22(2,3)21(26)23-17-9-7-16(8-10-17)19(24)14-28-20(25)13-15-5-11-18(27-4)12-6-15/h5-12H,13-14H2,1-4H3,(H,23,26). The van der Waals surface area contributed by atoms with E-state index in [9.17, 15) is 14.4 Å². The van der Waals surface area contributed by atoms with Crippen LogP contribution < -0.4 is 10.1 Å². The zero-order valence-electron chi connectivity index (χ0n) is 16.6. The van der Waals surface area contributed by atoms with Crippen molar-refractivity contribution < 1.29 is 23.9 Å². The first-order chi connectivity index (χ1) is 13.2. The first-order valence-electron chi connectivity index (χ1n) is 8.92. The summed E-state index contributed by atoms with van der Waals surface area (Å²) in [6.45, 7) is 5.13. The van der Waals surface area contributed by atoms with Crippen LogP contribution in [0.4, 0.5) is 5.69 Å². The minimum absolute atomic E-state index is 0.0784. The number of rotatable bonds is 7. The number of hydrogen-bond donors (Lipinski definition) is 1. The number of benzene rings is 2. The Hall–Kier alpha value is -3.15. The van der Waals surface area contributed by atoms with Gasteiger partial charge in [0.15, 0.2) is 12.4 Å². The number of hydrogen-bond acceptors (Lipinski definition) is 5. The van der Waals surface area contributed by atoms with Gasteiger partial charge in [-0.25, -0.2) is 0 Å². The highest BCUT2D eigenvalue weighted by Gasteiger charge is 2.21. The molecule has 0 saturated heterocycles. The highest BCUT2D eigenvalue weighted by molar-refractivity contribution is 5.99. The number of carbonyl (C=O) groups excluding carboxylic acids is 3. The van der Waals surface area contributed by atoms with Crippen molar-refractivity contribution >= 4 is 23.3 Å². The van der Waals surface area contributed by atoms with Crippen molar-refractivity contribution in [3.8, 4) is 5.75 Å². The van der Waals surface area contributed by atoms with E-state index < -0.39 is 11.4 Å². The van der Waals surface area contributed by atoms with Crippen LogP contribution in [0.15, 0.2) is 48.5 Å². The molecule has 0 aliphatic carbocycles. The second-order valence-electron chi connectivity index (χ2n) is 7.39. The zero-order valence-corrected chi connectivity index (χ0v) is 16.6. The summed E-state index contributed by atoms with van der Waals surface area (Å²) in [6, 6.07) is 13.5. The molecule has 2 aromatic carbocycles. The quantitative estimate of drug-likeness (QED) is 0.583. The van der Waals surface area contributed by atoms with E-state index in [1.165, 1.54) is 0 Å². The maximum atomic E-state index is 12.2. The lowest BCUT2D eigenvalue weighted by Gasteiger charge is -2.17. The average molecular weight is 383 g/mol. The van der Waals surface area contributed by atoms with Crippen molar-refractivity contribution in [3.05, 3.63) is 59.7 Å². The summed E-state index contributed by atoms with van der Waals surface area (Å²) >= 11 is 0. The number of ether oxygens (including phenoxy) is 2. The number of carbonyl (C=O) groups is 3. The number of ketones is 1. The maximum absolute atomic E-state index is 12.2. The topological polar surface area (TPSA) is 81.7 Å². The summed E-state index contributed by atoms with van der Waals surface area (Å²) in [7, 11) is 1.57. The van der Waals surface area contributed by atoms with Gasteiger partial charge in [0, 0.05) is 16.7 Å². The highest BCUT2D eigenvalue weighted by atomic mass is 16.5. The second-order valence-corrected chi connectivity index (χ2v) is 7.39. The minimum atomic E-state index is -0.507. The predicted octanol–water partition coefficient (Wildman–Crippen LogP) is 3.65. The summed E-state index contributed by atoms with van der Waals surface area (Å²) in [5, 5.41) is 2.79. The van der Waals surface area contributed by atoms with Gasteiger partial charge in [-0.3, -0.25) is 14.4 Å². The van der Waals surface area contributed by atoms with E-state index in [2.05, 4.69) is 5.32 Å². The lowest BCUT2D eigenvalue weighted by atomic mass is 9.95. The largest absolute Gasteiger partial charge is 0.497 e. The van der Waals surface area contributed by atoms with Gasteiger partial charge in [-0.05, 0) is 42.0 Å². The monoisotopic (exact) mass is 383 g/mol. The minimum Gasteiger partial charge on any atom is -0.497 e. The van der Waals surface area contributed by atoms with Crippen LogP contribution in [0.25, 0.3) is 0 Å². The molecule has 0 spiro atoms. The molecule has 0 heterocycles. The molecule has 6 heteroatoms. The van der Waals surface area contributed by atoms with Crippen LogP contribution in [0.2, 0.25) is 0 Å². The van der Waals surface area contributed by atoms with Gasteiger partial charge >= 0.3 is 5.97 Å². The highest BCUT2D eigenvalue weighted by Crippen LogP contribution is 2.18. The van der Waals surface area contributed by atoms with Crippen molar-refractivity contribution in [2.45, 2.75) is 27.2 Å². The summed E-state index contributed by atoms with van der Waals surface area (Å²) in [5.41, 5.74) is 1.28. The summed E-state index contributed by atoms with van der Waals surface area (Å²) < 4.78 is 10.1. The predicted molar refractivity (Wildman–Crippen MR) is 107 cm³/mol. The van der Waals surface area contributed by atoms with Gasteiger partial charge in [-0.15, -0.1) is 0 Å². The molecular weight excluding hydrogens is 358 g/mol. The van der Waals surface area contributed by atoms with Gasteiger partial charge in [0.05, 0.1) is 13.5 Å². The van der Waals surface area contributed by atoms with Crippen LogP contribution in [-0.2, 0) is 20.7 Å². The molecule has 0 aromatic heterocycles. The number of nitrogens with one attached hydrogen (secondary N) is 1. The number of Topliss-reactive ketones (excluding diaryl/α,β-unsaturated/α-hetero) is 1. The van der Waals surface area contributed by atoms with Crippen LogP contribution in [-0.4, -0.2) is 31.4 Å². The van der Waals surface area contributed by atoms with Crippen LogP contribution >= 0.6 is 0 Å². The Bertz CT molecular complexity index is 833. The normalized spacial score (nSPS) is 10.9. The van der Waals surface area contributed by atoms with Crippen molar-refractivity contribution in [1.82, 2.24) is 0 Å². The third kappa shape index (κ3) is 6.23. The lowest BCUT2D eigenvalue weighted by molar-refractivity contribution is -0.141. The van der Waals surface area contributed by atoms with Crippen LogP contribution in [0.3, 0.4) is 0 Å². The fraction of sp³-hybridized carbons (Fsp3) is 0.318.